The molecule has 1 atom stereocenters. The summed E-state index contributed by atoms with van der Waals surface area (Å²) in [5.74, 6) is 0. The molecule has 0 fully saturated rings. The van der Waals surface area contributed by atoms with Crippen molar-refractivity contribution in [3.63, 3.8) is 0 Å². The van der Waals surface area contributed by atoms with Crippen LogP contribution < -0.4 is 0 Å². The van der Waals surface area contributed by atoms with Gasteiger partial charge in [-0.25, -0.2) is 0 Å². The van der Waals surface area contributed by atoms with Gasteiger partial charge in [-0.3, -0.25) is 0 Å². The molecular formula is C20H24N2O. The number of rotatable bonds is 6. The standard InChI is InChI=1S/C20H24N2O/c1-15-19(17-11-7-8-12-18(17)21-15)20(23-14-13-22(2)3)16-9-5-4-6-10-16/h4-12,20-21H,13-14H2,1-3H3. The average Bonchev–Trinajstić information content (AvgIpc) is 2.88. The maximum atomic E-state index is 6.31. The minimum Gasteiger partial charge on any atom is -0.367 e. The zero-order valence-electron chi connectivity index (χ0n) is 14.0. The average molecular weight is 308 g/mol. The van der Waals surface area contributed by atoms with Gasteiger partial charge < -0.3 is 14.6 Å². The molecule has 0 saturated carbocycles. The highest BCUT2D eigenvalue weighted by molar-refractivity contribution is 5.85. The van der Waals surface area contributed by atoms with Crippen molar-refractivity contribution in [2.24, 2.45) is 0 Å². The fourth-order valence-corrected chi connectivity index (χ4v) is 2.96. The van der Waals surface area contributed by atoms with Crippen molar-refractivity contribution < 1.29 is 4.74 Å². The van der Waals surface area contributed by atoms with Gasteiger partial charge in [-0.2, -0.15) is 0 Å². The Morgan fingerprint density at radius 2 is 1.70 bits per heavy atom. The molecule has 0 spiro atoms. The predicted molar refractivity (Wildman–Crippen MR) is 95.8 cm³/mol. The van der Waals surface area contributed by atoms with Gasteiger partial charge in [0, 0.05) is 28.7 Å². The molecule has 3 heteroatoms. The summed E-state index contributed by atoms with van der Waals surface area (Å²) in [6, 6.07) is 18.9. The number of nitrogens with zero attached hydrogens (tertiary/aromatic N) is 1. The predicted octanol–water partition coefficient (Wildman–Crippen LogP) is 4.14. The number of aromatic amines is 1. The zero-order chi connectivity index (χ0) is 16.2. The highest BCUT2D eigenvalue weighted by atomic mass is 16.5. The molecule has 1 unspecified atom stereocenters. The van der Waals surface area contributed by atoms with E-state index in [1.807, 2.05) is 6.07 Å². The Bertz CT molecular complexity index is 762. The number of aromatic nitrogens is 1. The molecule has 0 aliphatic heterocycles. The molecule has 0 aliphatic carbocycles. The maximum absolute atomic E-state index is 6.31. The van der Waals surface area contributed by atoms with Crippen molar-refractivity contribution in [3.05, 3.63) is 71.4 Å². The Kier molecular flexibility index (Phi) is 4.79. The summed E-state index contributed by atoms with van der Waals surface area (Å²) < 4.78 is 6.31. The molecule has 120 valence electrons. The van der Waals surface area contributed by atoms with Crippen LogP contribution >= 0.6 is 0 Å². The van der Waals surface area contributed by atoms with Crippen LogP contribution in [0, 0.1) is 6.92 Å². The number of likely N-dealkylation sites (N-methyl/N-ethyl adjacent to an activating group) is 1. The lowest BCUT2D eigenvalue weighted by Gasteiger charge is -2.21. The molecule has 1 aromatic heterocycles. The van der Waals surface area contributed by atoms with Crippen molar-refractivity contribution in [1.29, 1.82) is 0 Å². The summed E-state index contributed by atoms with van der Waals surface area (Å²) >= 11 is 0. The van der Waals surface area contributed by atoms with Crippen molar-refractivity contribution in [1.82, 2.24) is 9.88 Å². The number of hydrogen-bond acceptors (Lipinski definition) is 2. The number of H-pyrrole nitrogens is 1. The smallest absolute Gasteiger partial charge is 0.110 e. The highest BCUT2D eigenvalue weighted by Gasteiger charge is 2.21. The van der Waals surface area contributed by atoms with Gasteiger partial charge in [0.15, 0.2) is 0 Å². The molecule has 3 aromatic rings. The van der Waals surface area contributed by atoms with Crippen LogP contribution in [0.1, 0.15) is 22.9 Å². The van der Waals surface area contributed by atoms with E-state index < -0.39 is 0 Å². The quantitative estimate of drug-likeness (QED) is 0.741. The molecule has 0 radical (unpaired) electrons. The van der Waals surface area contributed by atoms with E-state index in [-0.39, 0.29) is 6.10 Å². The van der Waals surface area contributed by atoms with E-state index in [1.54, 1.807) is 0 Å². The van der Waals surface area contributed by atoms with Gasteiger partial charge in [0.25, 0.3) is 0 Å². The molecule has 2 aromatic carbocycles. The molecule has 0 amide bonds. The second-order valence-electron chi connectivity index (χ2n) is 6.17. The van der Waals surface area contributed by atoms with Gasteiger partial charge in [-0.1, -0.05) is 48.5 Å². The molecule has 0 aliphatic rings. The van der Waals surface area contributed by atoms with E-state index in [1.165, 1.54) is 22.2 Å². The van der Waals surface area contributed by atoms with Gasteiger partial charge >= 0.3 is 0 Å². The van der Waals surface area contributed by atoms with Gasteiger partial charge in [0.05, 0.1) is 6.61 Å². The van der Waals surface area contributed by atoms with E-state index in [4.69, 9.17) is 4.74 Å². The molecule has 3 rings (SSSR count). The summed E-state index contributed by atoms with van der Waals surface area (Å²) in [4.78, 5) is 5.63. The first kappa shape index (κ1) is 15.8. The number of hydrogen-bond donors (Lipinski definition) is 1. The first-order chi connectivity index (χ1) is 11.2. The van der Waals surface area contributed by atoms with Crippen molar-refractivity contribution in [3.8, 4) is 0 Å². The van der Waals surface area contributed by atoms with Gasteiger partial charge in [-0.05, 0) is 32.6 Å². The minimum atomic E-state index is -0.0488. The Morgan fingerprint density at radius 3 is 2.43 bits per heavy atom. The number of fused-ring (bicyclic) bond motifs is 1. The molecule has 0 bridgehead atoms. The first-order valence-corrected chi connectivity index (χ1v) is 8.05. The molecule has 0 saturated heterocycles. The SMILES string of the molecule is Cc1[nH]c2ccccc2c1C(OCCN(C)C)c1ccccc1. The van der Waals surface area contributed by atoms with Gasteiger partial charge in [-0.15, -0.1) is 0 Å². The van der Waals surface area contributed by atoms with Crippen LogP contribution in [0.4, 0.5) is 0 Å². The number of para-hydroxylation sites is 1. The fraction of sp³-hybridized carbons (Fsp3) is 0.300. The fourth-order valence-electron chi connectivity index (χ4n) is 2.96. The van der Waals surface area contributed by atoms with Crippen LogP contribution in [0.15, 0.2) is 54.6 Å². The summed E-state index contributed by atoms with van der Waals surface area (Å²) in [6.45, 7) is 3.73. The lowest BCUT2D eigenvalue weighted by molar-refractivity contribution is 0.0692. The van der Waals surface area contributed by atoms with Crippen molar-refractivity contribution in [2.45, 2.75) is 13.0 Å². The Balaban J connectivity index is 2.01. The summed E-state index contributed by atoms with van der Waals surface area (Å²) in [6.07, 6.45) is -0.0488. The molecular weight excluding hydrogens is 284 g/mol. The molecule has 1 N–H and O–H groups in total. The Morgan fingerprint density at radius 1 is 1.00 bits per heavy atom. The van der Waals surface area contributed by atoms with Crippen LogP contribution in [-0.4, -0.2) is 37.1 Å². The van der Waals surface area contributed by atoms with Crippen molar-refractivity contribution >= 4 is 10.9 Å². The summed E-state index contributed by atoms with van der Waals surface area (Å²) in [5, 5.41) is 1.24. The maximum Gasteiger partial charge on any atom is 0.110 e. The first-order valence-electron chi connectivity index (χ1n) is 8.05. The topological polar surface area (TPSA) is 28.3 Å². The molecule has 23 heavy (non-hydrogen) atoms. The third-order valence-corrected chi connectivity index (χ3v) is 4.13. The van der Waals surface area contributed by atoms with Crippen LogP contribution in [0.3, 0.4) is 0 Å². The van der Waals surface area contributed by atoms with Crippen LogP contribution in [-0.2, 0) is 4.74 Å². The van der Waals surface area contributed by atoms with Crippen LogP contribution in [0.25, 0.3) is 10.9 Å². The third kappa shape index (κ3) is 3.46. The normalized spacial score (nSPS) is 12.9. The minimum absolute atomic E-state index is 0.0488. The van der Waals surface area contributed by atoms with E-state index >= 15 is 0 Å². The summed E-state index contributed by atoms with van der Waals surface area (Å²) in [5.41, 5.74) is 4.77. The second kappa shape index (κ2) is 6.99. The van der Waals surface area contributed by atoms with E-state index in [0.717, 1.165) is 12.1 Å². The lowest BCUT2D eigenvalue weighted by atomic mass is 9.98. The Labute approximate surface area is 137 Å². The number of benzene rings is 2. The highest BCUT2D eigenvalue weighted by Crippen LogP contribution is 2.34. The number of aryl methyl sites for hydroxylation is 1. The van der Waals surface area contributed by atoms with Crippen molar-refractivity contribution in [2.75, 3.05) is 27.2 Å². The van der Waals surface area contributed by atoms with Crippen LogP contribution in [0.5, 0.6) is 0 Å². The van der Waals surface area contributed by atoms with Crippen LogP contribution in [0.2, 0.25) is 0 Å². The Hall–Kier alpha value is -2.10. The number of nitrogens with one attached hydrogen (secondary N) is 1. The summed E-state index contributed by atoms with van der Waals surface area (Å²) in [7, 11) is 4.13. The monoisotopic (exact) mass is 308 g/mol. The van der Waals surface area contributed by atoms with E-state index in [9.17, 15) is 0 Å². The van der Waals surface area contributed by atoms with Gasteiger partial charge in [0.2, 0.25) is 0 Å². The molecule has 1 heterocycles. The van der Waals surface area contributed by atoms with E-state index in [2.05, 4.69) is 79.4 Å². The largest absolute Gasteiger partial charge is 0.367 e. The number of ether oxygens (including phenoxy) is 1. The van der Waals surface area contributed by atoms with E-state index in [0.29, 0.717) is 6.61 Å². The molecule has 3 nitrogen and oxygen atoms in total. The zero-order valence-corrected chi connectivity index (χ0v) is 14.0. The van der Waals surface area contributed by atoms with Gasteiger partial charge in [0.1, 0.15) is 6.10 Å². The second-order valence-corrected chi connectivity index (χ2v) is 6.17. The lowest BCUT2D eigenvalue weighted by Crippen LogP contribution is -2.20. The third-order valence-electron chi connectivity index (χ3n) is 4.13.